The standard InChI is InChI=1S/C14H19NO2/c1-14(2)9-8-13(16)12(10-14)15(17)11-6-4-3-5-7-11/h3-7,12,17H,8-10H2,1-2H3/t12-/m1/s1. The third kappa shape index (κ3) is 2.67. The molecule has 92 valence electrons. The van der Waals surface area contributed by atoms with Crippen molar-refractivity contribution in [2.45, 2.75) is 39.2 Å². The molecule has 3 nitrogen and oxygen atoms in total. The number of anilines is 1. The van der Waals surface area contributed by atoms with Crippen molar-refractivity contribution in [2.24, 2.45) is 5.41 Å². The summed E-state index contributed by atoms with van der Waals surface area (Å²) < 4.78 is 0. The molecule has 1 fully saturated rings. The Morgan fingerprint density at radius 2 is 1.94 bits per heavy atom. The van der Waals surface area contributed by atoms with Gasteiger partial charge in [0.15, 0.2) is 5.78 Å². The predicted octanol–water partition coefficient (Wildman–Crippen LogP) is 3.03. The molecule has 3 heteroatoms. The topological polar surface area (TPSA) is 40.5 Å². The van der Waals surface area contributed by atoms with Gasteiger partial charge in [0.1, 0.15) is 6.04 Å². The van der Waals surface area contributed by atoms with Gasteiger partial charge in [0.2, 0.25) is 0 Å². The van der Waals surface area contributed by atoms with Crippen molar-refractivity contribution in [3.05, 3.63) is 30.3 Å². The summed E-state index contributed by atoms with van der Waals surface area (Å²) in [5, 5.41) is 11.3. The van der Waals surface area contributed by atoms with Crippen LogP contribution in [0.2, 0.25) is 0 Å². The van der Waals surface area contributed by atoms with E-state index in [-0.39, 0.29) is 11.2 Å². The molecule has 1 aliphatic rings. The van der Waals surface area contributed by atoms with Crippen LogP contribution < -0.4 is 5.06 Å². The summed E-state index contributed by atoms with van der Waals surface area (Å²) in [6.07, 6.45) is 2.17. The second-order valence-electron chi connectivity index (χ2n) is 5.53. The number of hydroxylamine groups is 1. The molecule has 1 aromatic rings. The van der Waals surface area contributed by atoms with Crippen molar-refractivity contribution in [2.75, 3.05) is 5.06 Å². The van der Waals surface area contributed by atoms with E-state index in [0.717, 1.165) is 11.5 Å². The van der Waals surface area contributed by atoms with Gasteiger partial charge in [-0.25, -0.2) is 5.06 Å². The highest BCUT2D eigenvalue weighted by Gasteiger charge is 2.36. The lowest BCUT2D eigenvalue weighted by Gasteiger charge is -2.38. The van der Waals surface area contributed by atoms with Crippen molar-refractivity contribution in [3.63, 3.8) is 0 Å². The summed E-state index contributed by atoms with van der Waals surface area (Å²) >= 11 is 0. The largest absolute Gasteiger partial charge is 0.297 e. The van der Waals surface area contributed by atoms with E-state index in [1.807, 2.05) is 30.3 Å². The molecular weight excluding hydrogens is 214 g/mol. The number of hydrogen-bond donors (Lipinski definition) is 1. The van der Waals surface area contributed by atoms with Crippen molar-refractivity contribution >= 4 is 11.5 Å². The average Bonchev–Trinajstić information content (AvgIpc) is 2.33. The molecule has 0 saturated heterocycles. The zero-order valence-corrected chi connectivity index (χ0v) is 10.4. The molecule has 0 heterocycles. The van der Waals surface area contributed by atoms with Gasteiger partial charge in [0, 0.05) is 6.42 Å². The minimum atomic E-state index is -0.402. The number of carbonyl (C=O) groups excluding carboxylic acids is 1. The van der Waals surface area contributed by atoms with E-state index < -0.39 is 6.04 Å². The molecular formula is C14H19NO2. The van der Waals surface area contributed by atoms with Gasteiger partial charge in [-0.15, -0.1) is 0 Å². The number of ketones is 1. The molecule has 0 aliphatic heterocycles. The molecule has 1 atom stereocenters. The van der Waals surface area contributed by atoms with E-state index in [0.29, 0.717) is 18.5 Å². The normalized spacial score (nSPS) is 23.5. The molecule has 0 aromatic heterocycles. The lowest BCUT2D eigenvalue weighted by molar-refractivity contribution is -0.125. The first-order valence-electron chi connectivity index (χ1n) is 6.05. The maximum Gasteiger partial charge on any atom is 0.157 e. The number of Topliss-reactive ketones (excluding diaryl/α,β-unsaturated/α-hetero) is 1. The molecule has 0 amide bonds. The van der Waals surface area contributed by atoms with Crippen LogP contribution in [0.4, 0.5) is 5.69 Å². The van der Waals surface area contributed by atoms with Crippen molar-refractivity contribution in [1.29, 1.82) is 0 Å². The fraction of sp³-hybridized carbons (Fsp3) is 0.500. The Balaban J connectivity index is 2.18. The van der Waals surface area contributed by atoms with Gasteiger partial charge in [-0.1, -0.05) is 32.0 Å². The number of nitrogens with zero attached hydrogens (tertiary/aromatic N) is 1. The number of carbonyl (C=O) groups is 1. The van der Waals surface area contributed by atoms with E-state index in [1.54, 1.807) is 0 Å². The third-order valence-electron chi connectivity index (χ3n) is 3.48. The highest BCUT2D eigenvalue weighted by Crippen LogP contribution is 2.36. The van der Waals surface area contributed by atoms with Gasteiger partial charge in [-0.2, -0.15) is 0 Å². The first-order valence-corrected chi connectivity index (χ1v) is 6.05. The molecule has 1 saturated carbocycles. The molecule has 17 heavy (non-hydrogen) atoms. The Hall–Kier alpha value is -1.35. The molecule has 1 aliphatic carbocycles. The van der Waals surface area contributed by atoms with Crippen LogP contribution in [-0.4, -0.2) is 17.0 Å². The lowest BCUT2D eigenvalue weighted by Crippen LogP contribution is -2.45. The van der Waals surface area contributed by atoms with E-state index in [9.17, 15) is 10.0 Å². The van der Waals surface area contributed by atoms with Gasteiger partial charge in [0.25, 0.3) is 0 Å². The molecule has 1 N–H and O–H groups in total. The lowest BCUT2D eigenvalue weighted by atomic mass is 9.74. The van der Waals surface area contributed by atoms with Gasteiger partial charge >= 0.3 is 0 Å². The van der Waals surface area contributed by atoms with Crippen LogP contribution in [0.3, 0.4) is 0 Å². The monoisotopic (exact) mass is 233 g/mol. The minimum Gasteiger partial charge on any atom is -0.297 e. The second-order valence-corrected chi connectivity index (χ2v) is 5.53. The first-order chi connectivity index (χ1) is 7.99. The van der Waals surface area contributed by atoms with Crippen molar-refractivity contribution < 1.29 is 10.0 Å². The van der Waals surface area contributed by atoms with Crippen molar-refractivity contribution in [3.8, 4) is 0 Å². The fourth-order valence-electron chi connectivity index (χ4n) is 2.35. The smallest absolute Gasteiger partial charge is 0.157 e. The van der Waals surface area contributed by atoms with Crippen LogP contribution in [-0.2, 0) is 4.79 Å². The van der Waals surface area contributed by atoms with Gasteiger partial charge in [-0.3, -0.25) is 10.0 Å². The summed E-state index contributed by atoms with van der Waals surface area (Å²) in [5.41, 5.74) is 0.803. The zero-order chi connectivity index (χ0) is 12.5. The summed E-state index contributed by atoms with van der Waals surface area (Å²) in [6.45, 7) is 4.29. The number of para-hydroxylation sites is 1. The Kier molecular flexibility index (Phi) is 3.20. The van der Waals surface area contributed by atoms with E-state index in [1.165, 1.54) is 0 Å². The molecule has 0 radical (unpaired) electrons. The van der Waals surface area contributed by atoms with Crippen molar-refractivity contribution in [1.82, 2.24) is 0 Å². The zero-order valence-electron chi connectivity index (χ0n) is 10.4. The maximum atomic E-state index is 11.9. The Bertz CT molecular complexity index is 400. The van der Waals surface area contributed by atoms with Crippen LogP contribution in [0, 0.1) is 5.41 Å². The highest BCUT2D eigenvalue weighted by molar-refractivity contribution is 5.87. The SMILES string of the molecule is CC1(C)CCC(=O)[C@H](N(O)c2ccccc2)C1. The molecule has 0 spiro atoms. The number of rotatable bonds is 2. The summed E-state index contributed by atoms with van der Waals surface area (Å²) in [7, 11) is 0. The van der Waals surface area contributed by atoms with Crippen LogP contribution in [0.1, 0.15) is 33.1 Å². The van der Waals surface area contributed by atoms with E-state index in [4.69, 9.17) is 0 Å². The minimum absolute atomic E-state index is 0.119. The Morgan fingerprint density at radius 3 is 2.59 bits per heavy atom. The summed E-state index contributed by atoms with van der Waals surface area (Å²) in [4.78, 5) is 11.9. The molecule has 0 bridgehead atoms. The molecule has 0 unspecified atom stereocenters. The third-order valence-corrected chi connectivity index (χ3v) is 3.48. The fourth-order valence-corrected chi connectivity index (χ4v) is 2.35. The van der Waals surface area contributed by atoms with E-state index in [2.05, 4.69) is 13.8 Å². The van der Waals surface area contributed by atoms with Gasteiger partial charge in [0.05, 0.1) is 5.69 Å². The predicted molar refractivity (Wildman–Crippen MR) is 67.1 cm³/mol. The molecule has 1 aromatic carbocycles. The summed E-state index contributed by atoms with van der Waals surface area (Å²) in [6, 6.07) is 8.84. The summed E-state index contributed by atoms with van der Waals surface area (Å²) in [5.74, 6) is 0.135. The van der Waals surface area contributed by atoms with Gasteiger partial charge < -0.3 is 0 Å². The highest BCUT2D eigenvalue weighted by atomic mass is 16.5. The van der Waals surface area contributed by atoms with Crippen LogP contribution in [0.5, 0.6) is 0 Å². The Labute approximate surface area is 102 Å². The van der Waals surface area contributed by atoms with Gasteiger partial charge in [-0.05, 0) is 30.4 Å². The quantitative estimate of drug-likeness (QED) is 0.798. The second kappa shape index (κ2) is 4.49. The number of hydrogen-bond acceptors (Lipinski definition) is 3. The van der Waals surface area contributed by atoms with E-state index >= 15 is 0 Å². The van der Waals surface area contributed by atoms with Crippen LogP contribution in [0.15, 0.2) is 30.3 Å². The first kappa shape index (κ1) is 12.1. The van der Waals surface area contributed by atoms with Crippen LogP contribution in [0.25, 0.3) is 0 Å². The Morgan fingerprint density at radius 1 is 1.29 bits per heavy atom. The molecule has 2 rings (SSSR count). The van der Waals surface area contributed by atoms with Crippen LogP contribution >= 0.6 is 0 Å². The average molecular weight is 233 g/mol. The maximum absolute atomic E-state index is 11.9. The number of benzene rings is 1.